The molecule has 0 N–H and O–H groups in total. The molecule has 2 aromatic rings. The first-order valence-corrected chi connectivity index (χ1v) is 11.5. The molecule has 29 heavy (non-hydrogen) atoms. The summed E-state index contributed by atoms with van der Waals surface area (Å²) in [6.07, 6.45) is 4.66. The Balaban J connectivity index is 1.19. The predicted molar refractivity (Wildman–Crippen MR) is 110 cm³/mol. The molecule has 3 aliphatic rings. The maximum absolute atomic E-state index is 12.9. The highest BCUT2D eigenvalue weighted by molar-refractivity contribution is 7.99. The van der Waals surface area contributed by atoms with Gasteiger partial charge in [0.05, 0.1) is 12.3 Å². The molecule has 1 amide bonds. The summed E-state index contributed by atoms with van der Waals surface area (Å²) in [5.41, 5.74) is 0. The fourth-order valence-electron chi connectivity index (χ4n) is 3.71. The van der Waals surface area contributed by atoms with E-state index >= 15 is 0 Å². The van der Waals surface area contributed by atoms with E-state index in [1.807, 2.05) is 36.1 Å². The molecule has 0 bridgehead atoms. The summed E-state index contributed by atoms with van der Waals surface area (Å²) >= 11 is 1.51. The van der Waals surface area contributed by atoms with Gasteiger partial charge in [0.15, 0.2) is 22.8 Å². The van der Waals surface area contributed by atoms with E-state index < -0.39 is 0 Å². The summed E-state index contributed by atoms with van der Waals surface area (Å²) < 4.78 is 14.1. The maximum Gasteiger partial charge on any atom is 0.233 e. The van der Waals surface area contributed by atoms with Crippen LogP contribution in [0.3, 0.4) is 0 Å². The molecule has 0 saturated heterocycles. The number of hydrogen-bond acceptors (Lipinski definition) is 6. The Morgan fingerprint density at radius 1 is 1.21 bits per heavy atom. The van der Waals surface area contributed by atoms with Crippen molar-refractivity contribution in [2.24, 2.45) is 0 Å². The zero-order valence-corrected chi connectivity index (χ0v) is 17.4. The molecule has 7 nitrogen and oxygen atoms in total. The number of hydrogen-bond donors (Lipinski definition) is 0. The molecule has 0 spiro atoms. The molecule has 1 aromatic carbocycles. The van der Waals surface area contributed by atoms with Gasteiger partial charge in [-0.25, -0.2) is 0 Å². The highest BCUT2D eigenvalue weighted by Crippen LogP contribution is 2.46. The van der Waals surface area contributed by atoms with Crippen molar-refractivity contribution >= 4 is 17.7 Å². The number of carbonyl (C=O) groups is 1. The van der Waals surface area contributed by atoms with Gasteiger partial charge in [0.25, 0.3) is 0 Å². The molecule has 2 aliphatic carbocycles. The van der Waals surface area contributed by atoms with Crippen LogP contribution in [0.15, 0.2) is 29.4 Å². The van der Waals surface area contributed by atoms with Gasteiger partial charge in [0.2, 0.25) is 5.91 Å². The Kier molecular flexibility index (Phi) is 5.11. The van der Waals surface area contributed by atoms with E-state index in [1.54, 1.807) is 0 Å². The molecular formula is C21H26N4O3S. The third-order valence-corrected chi connectivity index (χ3v) is 6.52. The second kappa shape index (κ2) is 7.89. The van der Waals surface area contributed by atoms with E-state index in [-0.39, 0.29) is 12.0 Å². The highest BCUT2D eigenvalue weighted by Gasteiger charge is 2.36. The molecule has 1 atom stereocenters. The number of benzene rings is 1. The summed E-state index contributed by atoms with van der Waals surface area (Å²) in [5.74, 6) is 3.67. The van der Waals surface area contributed by atoms with Crippen LogP contribution in [-0.4, -0.2) is 57.1 Å². The van der Waals surface area contributed by atoms with Gasteiger partial charge < -0.3 is 18.9 Å². The maximum atomic E-state index is 12.9. The number of thioether (sulfide) groups is 1. The van der Waals surface area contributed by atoms with E-state index in [4.69, 9.17) is 9.47 Å². The number of amides is 1. The first-order valence-electron chi connectivity index (χ1n) is 10.5. The van der Waals surface area contributed by atoms with Crippen LogP contribution in [0.25, 0.3) is 0 Å². The van der Waals surface area contributed by atoms with Crippen LogP contribution < -0.4 is 9.47 Å². The first kappa shape index (κ1) is 18.8. The van der Waals surface area contributed by atoms with Crippen LogP contribution in [0.1, 0.15) is 50.4 Å². The lowest BCUT2D eigenvalue weighted by Gasteiger charge is -2.30. The van der Waals surface area contributed by atoms with Gasteiger partial charge in [-0.15, -0.1) is 10.2 Å². The van der Waals surface area contributed by atoms with Crippen molar-refractivity contribution in [1.29, 1.82) is 0 Å². The molecule has 8 heteroatoms. The normalized spacial score (nSPS) is 20.5. The molecule has 5 rings (SSSR count). The summed E-state index contributed by atoms with van der Waals surface area (Å²) in [7, 11) is 0. The Morgan fingerprint density at radius 2 is 2.00 bits per heavy atom. The molecule has 2 fully saturated rings. The Hall–Kier alpha value is -2.22. The first-order chi connectivity index (χ1) is 14.2. The molecule has 0 radical (unpaired) electrons. The van der Waals surface area contributed by atoms with E-state index in [9.17, 15) is 4.79 Å². The van der Waals surface area contributed by atoms with Gasteiger partial charge >= 0.3 is 0 Å². The van der Waals surface area contributed by atoms with Gasteiger partial charge in [0, 0.05) is 18.5 Å². The van der Waals surface area contributed by atoms with E-state index in [0.717, 1.165) is 22.5 Å². The Morgan fingerprint density at radius 3 is 2.72 bits per heavy atom. The fraction of sp³-hybridized carbons (Fsp3) is 0.571. The van der Waals surface area contributed by atoms with Crippen LogP contribution in [0.5, 0.6) is 11.5 Å². The third-order valence-electron chi connectivity index (χ3n) is 5.60. The van der Waals surface area contributed by atoms with Gasteiger partial charge in [-0.2, -0.15) is 0 Å². The van der Waals surface area contributed by atoms with Crippen molar-refractivity contribution in [2.45, 2.75) is 55.8 Å². The zero-order valence-electron chi connectivity index (χ0n) is 16.6. The topological polar surface area (TPSA) is 69.5 Å². The minimum absolute atomic E-state index is 0.0956. The van der Waals surface area contributed by atoms with Crippen LogP contribution in [0.2, 0.25) is 0 Å². The number of nitrogens with zero attached hydrogens (tertiary/aromatic N) is 4. The predicted octanol–water partition coefficient (Wildman–Crippen LogP) is 3.27. The summed E-state index contributed by atoms with van der Waals surface area (Å²) in [5, 5.41) is 9.72. The molecule has 2 saturated carbocycles. The largest absolute Gasteiger partial charge is 0.486 e. The number of fused-ring (bicyclic) bond motifs is 1. The lowest BCUT2D eigenvalue weighted by Crippen LogP contribution is -2.44. The molecule has 1 aromatic heterocycles. The van der Waals surface area contributed by atoms with Crippen molar-refractivity contribution < 1.29 is 14.3 Å². The zero-order chi connectivity index (χ0) is 19.8. The summed E-state index contributed by atoms with van der Waals surface area (Å²) in [4.78, 5) is 14.7. The molecule has 2 heterocycles. The number of para-hydroxylation sites is 2. The van der Waals surface area contributed by atoms with Crippen molar-refractivity contribution in [2.75, 3.05) is 25.4 Å². The number of rotatable bonds is 8. The van der Waals surface area contributed by atoms with Crippen LogP contribution in [-0.2, 0) is 4.79 Å². The van der Waals surface area contributed by atoms with E-state index in [2.05, 4.69) is 14.8 Å². The minimum atomic E-state index is -0.157. The van der Waals surface area contributed by atoms with Crippen LogP contribution >= 0.6 is 11.8 Å². The monoisotopic (exact) mass is 414 g/mol. The third kappa shape index (κ3) is 4.08. The van der Waals surface area contributed by atoms with Crippen LogP contribution in [0, 0.1) is 0 Å². The smallest absolute Gasteiger partial charge is 0.233 e. The minimum Gasteiger partial charge on any atom is -0.486 e. The Bertz CT molecular complexity index is 894. The average molecular weight is 415 g/mol. The summed E-state index contributed by atoms with van der Waals surface area (Å²) in [6.45, 7) is 3.61. The standard InChI is InChI=1S/C21H26N4O3S/c1-2-24(11-16-12-27-17-5-3-4-6-18(17)28-16)19(26)13-29-21-23-22-20(14-7-8-14)25(21)15-9-10-15/h3-6,14-16H,2,7-13H2,1H3. The Labute approximate surface area is 174 Å². The SMILES string of the molecule is CCN(CC1COc2ccccc2O1)C(=O)CSc1nnc(C2CC2)n1C1CC1. The van der Waals surface area contributed by atoms with Gasteiger partial charge in [-0.1, -0.05) is 23.9 Å². The number of aromatic nitrogens is 3. The van der Waals surface area contributed by atoms with Gasteiger partial charge in [-0.05, 0) is 44.7 Å². The highest BCUT2D eigenvalue weighted by atomic mass is 32.2. The van der Waals surface area contributed by atoms with Gasteiger partial charge in [0.1, 0.15) is 12.4 Å². The molecule has 1 aliphatic heterocycles. The lowest BCUT2D eigenvalue weighted by molar-refractivity contribution is -0.129. The second-order valence-corrected chi connectivity index (χ2v) is 8.88. The quantitative estimate of drug-likeness (QED) is 0.618. The fourth-order valence-corrected chi connectivity index (χ4v) is 4.62. The van der Waals surface area contributed by atoms with Crippen molar-refractivity contribution in [3.05, 3.63) is 30.1 Å². The summed E-state index contributed by atoms with van der Waals surface area (Å²) in [6, 6.07) is 8.19. The number of ether oxygens (including phenoxy) is 2. The number of carbonyl (C=O) groups excluding carboxylic acids is 1. The molecule has 1 unspecified atom stereocenters. The van der Waals surface area contributed by atoms with Crippen molar-refractivity contribution in [1.82, 2.24) is 19.7 Å². The molecular weight excluding hydrogens is 388 g/mol. The second-order valence-electron chi connectivity index (χ2n) is 7.93. The average Bonchev–Trinajstić information content (AvgIpc) is 3.68. The van der Waals surface area contributed by atoms with E-state index in [1.165, 1.54) is 37.4 Å². The van der Waals surface area contributed by atoms with E-state index in [0.29, 0.717) is 37.4 Å². The van der Waals surface area contributed by atoms with Crippen molar-refractivity contribution in [3.8, 4) is 11.5 Å². The van der Waals surface area contributed by atoms with Gasteiger partial charge in [-0.3, -0.25) is 4.79 Å². The number of likely N-dealkylation sites (N-methyl/N-ethyl adjacent to an activating group) is 1. The van der Waals surface area contributed by atoms with Crippen LogP contribution in [0.4, 0.5) is 0 Å². The lowest BCUT2D eigenvalue weighted by atomic mass is 10.2. The van der Waals surface area contributed by atoms with Crippen molar-refractivity contribution in [3.63, 3.8) is 0 Å². The molecule has 154 valence electrons.